The second-order valence-corrected chi connectivity index (χ2v) is 6.02. The minimum Gasteiger partial charge on any atom is -0.508 e. The van der Waals surface area contributed by atoms with Gasteiger partial charge in [-0.2, -0.15) is 0 Å². The van der Waals surface area contributed by atoms with Crippen molar-refractivity contribution in [3.63, 3.8) is 0 Å². The van der Waals surface area contributed by atoms with Crippen molar-refractivity contribution in [3.8, 4) is 11.5 Å². The van der Waals surface area contributed by atoms with Gasteiger partial charge in [-0.1, -0.05) is 6.92 Å². The molecule has 2 saturated heterocycles. The van der Waals surface area contributed by atoms with Crippen molar-refractivity contribution in [2.45, 2.75) is 38.3 Å². The van der Waals surface area contributed by atoms with Crippen molar-refractivity contribution < 1.29 is 15.0 Å². The van der Waals surface area contributed by atoms with Crippen LogP contribution in [0.25, 0.3) is 0 Å². The van der Waals surface area contributed by atoms with E-state index in [4.69, 9.17) is 0 Å². The van der Waals surface area contributed by atoms with Crippen molar-refractivity contribution >= 4 is 5.91 Å². The molecule has 3 rings (SSSR count). The molecule has 2 heterocycles. The van der Waals surface area contributed by atoms with Gasteiger partial charge in [-0.05, 0) is 37.9 Å². The van der Waals surface area contributed by atoms with Gasteiger partial charge in [-0.15, -0.1) is 0 Å². The van der Waals surface area contributed by atoms with Crippen LogP contribution < -0.4 is 0 Å². The fourth-order valence-corrected chi connectivity index (χ4v) is 3.63. The molecule has 0 aliphatic carbocycles. The number of phenols is 2. The Morgan fingerprint density at radius 3 is 2.48 bits per heavy atom. The molecule has 2 bridgehead atoms. The van der Waals surface area contributed by atoms with Gasteiger partial charge in [-0.3, -0.25) is 4.79 Å². The molecule has 5 nitrogen and oxygen atoms in total. The van der Waals surface area contributed by atoms with Crippen LogP contribution in [0.1, 0.15) is 36.5 Å². The van der Waals surface area contributed by atoms with Crippen LogP contribution in [0.2, 0.25) is 0 Å². The van der Waals surface area contributed by atoms with Crippen LogP contribution in [0, 0.1) is 0 Å². The molecule has 0 aromatic heterocycles. The maximum Gasteiger partial charge on any atom is 0.254 e. The van der Waals surface area contributed by atoms with Gasteiger partial charge in [0.2, 0.25) is 0 Å². The molecule has 1 aromatic carbocycles. The first-order chi connectivity index (χ1) is 10.1. The predicted molar refractivity (Wildman–Crippen MR) is 79.5 cm³/mol. The summed E-state index contributed by atoms with van der Waals surface area (Å²) in [7, 11) is 0. The number of carbonyl (C=O) groups is 1. The Bertz CT molecular complexity index is 526. The fourth-order valence-electron chi connectivity index (χ4n) is 3.63. The van der Waals surface area contributed by atoms with E-state index in [9.17, 15) is 15.0 Å². The molecule has 5 heteroatoms. The zero-order chi connectivity index (χ0) is 15.0. The molecule has 2 atom stereocenters. The molecule has 2 aliphatic heterocycles. The lowest BCUT2D eigenvalue weighted by Gasteiger charge is -2.29. The number of nitrogens with zero attached hydrogens (tertiary/aromatic N) is 2. The van der Waals surface area contributed by atoms with Gasteiger partial charge < -0.3 is 20.0 Å². The highest BCUT2D eigenvalue weighted by Crippen LogP contribution is 2.32. The first-order valence-electron chi connectivity index (χ1n) is 7.66. The van der Waals surface area contributed by atoms with Gasteiger partial charge in [0.1, 0.15) is 11.5 Å². The lowest BCUT2D eigenvalue weighted by atomic mass is 10.1. The molecular weight excluding hydrogens is 268 g/mol. The third-order valence-corrected chi connectivity index (χ3v) is 4.70. The summed E-state index contributed by atoms with van der Waals surface area (Å²) in [5.41, 5.74) is 0.370. The second kappa shape index (κ2) is 5.56. The van der Waals surface area contributed by atoms with Gasteiger partial charge in [0.25, 0.3) is 5.91 Å². The zero-order valence-electron chi connectivity index (χ0n) is 12.3. The average molecular weight is 290 g/mol. The van der Waals surface area contributed by atoms with Crippen LogP contribution in [0.4, 0.5) is 0 Å². The smallest absolute Gasteiger partial charge is 0.254 e. The molecule has 2 N–H and O–H groups in total. The summed E-state index contributed by atoms with van der Waals surface area (Å²) in [4.78, 5) is 17.2. The number of carbonyl (C=O) groups excluding carboxylic acids is 1. The van der Waals surface area contributed by atoms with Gasteiger partial charge in [0.15, 0.2) is 0 Å². The molecule has 2 aliphatic rings. The molecule has 114 valence electrons. The number of hydrogen-bond donors (Lipinski definition) is 2. The first-order valence-corrected chi connectivity index (χ1v) is 7.66. The van der Waals surface area contributed by atoms with Crippen LogP contribution in [-0.4, -0.2) is 57.6 Å². The molecule has 2 unspecified atom stereocenters. The van der Waals surface area contributed by atoms with Crippen LogP contribution in [-0.2, 0) is 0 Å². The number of likely N-dealkylation sites (tertiary alicyclic amines) is 1. The predicted octanol–water partition coefficient (Wildman–Crippen LogP) is 1.80. The van der Waals surface area contributed by atoms with Crippen LogP contribution >= 0.6 is 0 Å². The van der Waals surface area contributed by atoms with E-state index in [-0.39, 0.29) is 29.5 Å². The van der Waals surface area contributed by atoms with Gasteiger partial charge >= 0.3 is 0 Å². The van der Waals surface area contributed by atoms with E-state index in [0.29, 0.717) is 5.56 Å². The van der Waals surface area contributed by atoms with Gasteiger partial charge in [-0.25, -0.2) is 0 Å². The number of likely N-dealkylation sites (N-methyl/N-ethyl adjacent to an activating group) is 1. The van der Waals surface area contributed by atoms with Crippen LogP contribution in [0.5, 0.6) is 11.5 Å². The number of fused-ring (bicyclic) bond motifs is 2. The zero-order valence-corrected chi connectivity index (χ0v) is 12.3. The normalized spacial score (nSPS) is 25.9. The second-order valence-electron chi connectivity index (χ2n) is 6.02. The largest absolute Gasteiger partial charge is 0.508 e. The quantitative estimate of drug-likeness (QED) is 0.871. The van der Waals surface area contributed by atoms with E-state index in [1.165, 1.54) is 18.2 Å². The fraction of sp³-hybridized carbons (Fsp3) is 0.562. The summed E-state index contributed by atoms with van der Waals surface area (Å²) >= 11 is 0. The van der Waals surface area contributed by atoms with E-state index in [1.807, 2.05) is 4.90 Å². The van der Waals surface area contributed by atoms with Crippen molar-refractivity contribution in [3.05, 3.63) is 23.8 Å². The summed E-state index contributed by atoms with van der Waals surface area (Å²) in [5.74, 6) is -0.224. The van der Waals surface area contributed by atoms with E-state index in [2.05, 4.69) is 11.8 Å². The Morgan fingerprint density at radius 1 is 1.14 bits per heavy atom. The molecule has 21 heavy (non-hydrogen) atoms. The molecule has 2 fully saturated rings. The lowest BCUT2D eigenvalue weighted by Crippen LogP contribution is -2.43. The average Bonchev–Trinajstić information content (AvgIpc) is 2.72. The first kappa shape index (κ1) is 14.2. The third kappa shape index (κ3) is 2.70. The summed E-state index contributed by atoms with van der Waals surface area (Å²) in [6.07, 6.45) is 3.09. The van der Waals surface area contributed by atoms with Crippen LogP contribution in [0.3, 0.4) is 0 Å². The number of hydrogen-bond acceptors (Lipinski definition) is 4. The number of phenolic OH excluding ortho intramolecular Hbond substituents is 2. The van der Waals surface area contributed by atoms with Crippen molar-refractivity contribution in [2.75, 3.05) is 19.6 Å². The maximum atomic E-state index is 12.8. The monoisotopic (exact) mass is 290 g/mol. The molecule has 0 saturated carbocycles. The Kier molecular flexibility index (Phi) is 3.76. The standard InChI is InChI=1S/C16H22N2O3/c1-2-17-6-5-12-3-4-13(10-17)18(12)16(21)11-7-14(19)9-15(20)8-11/h7-9,12-13,19-20H,2-6,10H2,1H3. The highest BCUT2D eigenvalue weighted by atomic mass is 16.3. The molecule has 0 radical (unpaired) electrons. The molecular formula is C16H22N2O3. The molecule has 1 amide bonds. The highest BCUT2D eigenvalue weighted by Gasteiger charge is 2.40. The number of benzene rings is 1. The number of amides is 1. The Morgan fingerprint density at radius 2 is 1.81 bits per heavy atom. The Labute approximate surface area is 124 Å². The van der Waals surface area contributed by atoms with Crippen LogP contribution in [0.15, 0.2) is 18.2 Å². The van der Waals surface area contributed by atoms with Gasteiger partial charge in [0.05, 0.1) is 0 Å². The van der Waals surface area contributed by atoms with E-state index >= 15 is 0 Å². The molecule has 0 spiro atoms. The Hall–Kier alpha value is -1.75. The number of rotatable bonds is 2. The maximum absolute atomic E-state index is 12.8. The van der Waals surface area contributed by atoms with Gasteiger partial charge in [0, 0.05) is 36.8 Å². The molecule has 1 aromatic rings. The minimum atomic E-state index is -0.0772. The lowest BCUT2D eigenvalue weighted by molar-refractivity contribution is 0.0670. The summed E-state index contributed by atoms with van der Waals surface area (Å²) in [6, 6.07) is 4.64. The summed E-state index contributed by atoms with van der Waals surface area (Å²) in [6.45, 7) is 5.12. The summed E-state index contributed by atoms with van der Waals surface area (Å²) in [5, 5.41) is 19.2. The van der Waals surface area contributed by atoms with E-state index in [1.54, 1.807) is 0 Å². The van der Waals surface area contributed by atoms with Crippen molar-refractivity contribution in [1.29, 1.82) is 0 Å². The Balaban J connectivity index is 1.86. The van der Waals surface area contributed by atoms with E-state index in [0.717, 1.165) is 38.9 Å². The third-order valence-electron chi connectivity index (χ3n) is 4.70. The SMILES string of the molecule is CCN1CCC2CCC(C1)N2C(=O)c1cc(O)cc(O)c1. The topological polar surface area (TPSA) is 64.0 Å². The minimum absolute atomic E-state index is 0.0734. The van der Waals surface area contributed by atoms with Crippen molar-refractivity contribution in [2.24, 2.45) is 0 Å². The van der Waals surface area contributed by atoms with Crippen molar-refractivity contribution in [1.82, 2.24) is 9.80 Å². The highest BCUT2D eigenvalue weighted by molar-refractivity contribution is 5.95. The van der Waals surface area contributed by atoms with E-state index < -0.39 is 0 Å². The number of aromatic hydroxyl groups is 2. The summed E-state index contributed by atoms with van der Waals surface area (Å²) < 4.78 is 0.